The number of benzene rings is 3. The Labute approximate surface area is 145 Å². The zero-order valence-corrected chi connectivity index (χ0v) is 13.7. The Morgan fingerprint density at radius 1 is 0.880 bits per heavy atom. The Morgan fingerprint density at radius 3 is 2.16 bits per heavy atom. The predicted octanol–water partition coefficient (Wildman–Crippen LogP) is 3.55. The smallest absolute Gasteiger partial charge is 0.265 e. The van der Waals surface area contributed by atoms with Crippen molar-refractivity contribution in [2.24, 2.45) is 0 Å². The number of amides is 1. The average Bonchev–Trinajstić information content (AvgIpc) is 2.91. The molecule has 1 unspecified atom stereocenters. The molecule has 4 heteroatoms. The lowest BCUT2D eigenvalue weighted by Crippen LogP contribution is -2.45. The number of nitrogens with zero attached hydrogens (tertiary/aromatic N) is 1. The molecule has 1 aliphatic rings. The Hall–Kier alpha value is -3.11. The Kier molecular flexibility index (Phi) is 3.55. The van der Waals surface area contributed by atoms with E-state index in [-0.39, 0.29) is 5.91 Å². The summed E-state index contributed by atoms with van der Waals surface area (Å²) in [4.78, 5) is 14.7. The highest BCUT2D eigenvalue weighted by Gasteiger charge is 2.51. The van der Waals surface area contributed by atoms with Crippen molar-refractivity contribution in [1.29, 1.82) is 0 Å². The molecule has 0 spiro atoms. The zero-order valence-electron chi connectivity index (χ0n) is 13.7. The molecule has 4 rings (SSSR count). The predicted molar refractivity (Wildman–Crippen MR) is 95.7 cm³/mol. The summed E-state index contributed by atoms with van der Waals surface area (Å²) in [5, 5.41) is 11.8. The summed E-state index contributed by atoms with van der Waals surface area (Å²) >= 11 is 0. The van der Waals surface area contributed by atoms with Crippen LogP contribution in [0.15, 0.2) is 78.9 Å². The van der Waals surface area contributed by atoms with Crippen molar-refractivity contribution in [3.05, 3.63) is 95.6 Å². The van der Waals surface area contributed by atoms with E-state index in [2.05, 4.69) is 0 Å². The number of para-hydroxylation sites is 1. The molecule has 124 valence electrons. The van der Waals surface area contributed by atoms with Gasteiger partial charge in [0, 0.05) is 16.8 Å². The SMILES string of the molecule is COc1cccc2c1C(=O)N(c1ccccc1)C2(O)c1ccccc1. The monoisotopic (exact) mass is 331 g/mol. The van der Waals surface area contributed by atoms with Gasteiger partial charge in [0.15, 0.2) is 5.72 Å². The van der Waals surface area contributed by atoms with Crippen molar-refractivity contribution < 1.29 is 14.6 Å². The van der Waals surface area contributed by atoms with Crippen LogP contribution in [0.1, 0.15) is 21.5 Å². The molecule has 1 aliphatic heterocycles. The first-order chi connectivity index (χ1) is 12.2. The van der Waals surface area contributed by atoms with Crippen LogP contribution in [-0.4, -0.2) is 18.1 Å². The minimum atomic E-state index is -1.59. The summed E-state index contributed by atoms with van der Waals surface area (Å²) in [7, 11) is 1.52. The van der Waals surface area contributed by atoms with Crippen LogP contribution in [0, 0.1) is 0 Å². The Morgan fingerprint density at radius 2 is 1.52 bits per heavy atom. The third-order valence-electron chi connectivity index (χ3n) is 4.55. The van der Waals surface area contributed by atoms with E-state index in [4.69, 9.17) is 4.74 Å². The summed E-state index contributed by atoms with van der Waals surface area (Å²) in [6, 6.07) is 23.7. The van der Waals surface area contributed by atoms with Gasteiger partial charge in [0.2, 0.25) is 0 Å². The Bertz CT molecular complexity index is 924. The van der Waals surface area contributed by atoms with E-state index >= 15 is 0 Å². The van der Waals surface area contributed by atoms with Gasteiger partial charge in [-0.25, -0.2) is 0 Å². The molecular formula is C21H17NO3. The lowest BCUT2D eigenvalue weighted by atomic mass is 9.93. The summed E-state index contributed by atoms with van der Waals surface area (Å²) in [5.41, 5.74) is 0.562. The zero-order chi connectivity index (χ0) is 17.4. The second kappa shape index (κ2) is 5.76. The summed E-state index contributed by atoms with van der Waals surface area (Å²) < 4.78 is 5.38. The van der Waals surface area contributed by atoms with E-state index in [0.717, 1.165) is 0 Å². The maximum Gasteiger partial charge on any atom is 0.265 e. The molecule has 3 aromatic rings. The molecule has 1 amide bonds. The van der Waals surface area contributed by atoms with E-state index in [1.807, 2.05) is 60.7 Å². The molecule has 3 aromatic carbocycles. The summed E-state index contributed by atoms with van der Waals surface area (Å²) in [6.45, 7) is 0. The highest BCUT2D eigenvalue weighted by Crippen LogP contribution is 2.47. The molecule has 0 radical (unpaired) electrons. The molecular weight excluding hydrogens is 314 g/mol. The van der Waals surface area contributed by atoms with Crippen LogP contribution < -0.4 is 9.64 Å². The lowest BCUT2D eigenvalue weighted by Gasteiger charge is -2.34. The quantitative estimate of drug-likeness (QED) is 0.798. The van der Waals surface area contributed by atoms with Gasteiger partial charge in [-0.1, -0.05) is 60.7 Å². The number of carbonyl (C=O) groups is 1. The fraction of sp³-hybridized carbons (Fsp3) is 0.0952. The number of hydrogen-bond acceptors (Lipinski definition) is 3. The van der Waals surface area contributed by atoms with Gasteiger partial charge in [-0.05, 0) is 18.2 Å². The second-order valence-corrected chi connectivity index (χ2v) is 5.90. The fourth-order valence-corrected chi connectivity index (χ4v) is 3.43. The van der Waals surface area contributed by atoms with Crippen LogP contribution in [0.3, 0.4) is 0 Å². The number of fused-ring (bicyclic) bond motifs is 1. The minimum Gasteiger partial charge on any atom is -0.496 e. The maximum absolute atomic E-state index is 13.3. The first-order valence-electron chi connectivity index (χ1n) is 8.03. The van der Waals surface area contributed by atoms with E-state index in [1.54, 1.807) is 18.2 Å². The normalized spacial score (nSPS) is 19.0. The number of methoxy groups -OCH3 is 1. The van der Waals surface area contributed by atoms with Crippen molar-refractivity contribution in [1.82, 2.24) is 0 Å². The van der Waals surface area contributed by atoms with Gasteiger partial charge in [-0.15, -0.1) is 0 Å². The average molecular weight is 331 g/mol. The molecule has 4 nitrogen and oxygen atoms in total. The van der Waals surface area contributed by atoms with Gasteiger partial charge in [0.25, 0.3) is 5.91 Å². The molecule has 1 N–H and O–H groups in total. The summed E-state index contributed by atoms with van der Waals surface area (Å²) in [5.74, 6) is 0.167. The molecule has 0 bridgehead atoms. The first kappa shape index (κ1) is 15.4. The van der Waals surface area contributed by atoms with Gasteiger partial charge >= 0.3 is 0 Å². The van der Waals surface area contributed by atoms with Crippen LogP contribution in [-0.2, 0) is 5.72 Å². The van der Waals surface area contributed by atoms with E-state index in [1.165, 1.54) is 12.0 Å². The van der Waals surface area contributed by atoms with Crippen molar-refractivity contribution >= 4 is 11.6 Å². The highest BCUT2D eigenvalue weighted by atomic mass is 16.5. The number of carbonyl (C=O) groups excluding carboxylic acids is 1. The van der Waals surface area contributed by atoms with Gasteiger partial charge in [0.1, 0.15) is 5.75 Å². The highest BCUT2D eigenvalue weighted by molar-refractivity contribution is 6.14. The first-order valence-corrected chi connectivity index (χ1v) is 8.03. The van der Waals surface area contributed by atoms with E-state index in [0.29, 0.717) is 28.1 Å². The van der Waals surface area contributed by atoms with Crippen molar-refractivity contribution in [3.8, 4) is 5.75 Å². The van der Waals surface area contributed by atoms with Crippen molar-refractivity contribution in [2.45, 2.75) is 5.72 Å². The van der Waals surface area contributed by atoms with Crippen LogP contribution in [0.25, 0.3) is 0 Å². The van der Waals surface area contributed by atoms with Crippen LogP contribution in [0.2, 0.25) is 0 Å². The molecule has 0 aromatic heterocycles. The van der Waals surface area contributed by atoms with Crippen LogP contribution >= 0.6 is 0 Å². The molecule has 25 heavy (non-hydrogen) atoms. The third-order valence-corrected chi connectivity index (χ3v) is 4.55. The molecule has 0 fully saturated rings. The number of ether oxygens (including phenoxy) is 1. The van der Waals surface area contributed by atoms with Crippen molar-refractivity contribution in [3.63, 3.8) is 0 Å². The number of hydrogen-bond donors (Lipinski definition) is 1. The van der Waals surface area contributed by atoms with Gasteiger partial charge in [-0.3, -0.25) is 9.69 Å². The largest absolute Gasteiger partial charge is 0.496 e. The lowest BCUT2D eigenvalue weighted by molar-refractivity contribution is 0.0703. The summed E-state index contributed by atoms with van der Waals surface area (Å²) in [6.07, 6.45) is 0. The molecule has 0 aliphatic carbocycles. The molecule has 1 atom stereocenters. The van der Waals surface area contributed by atoms with Crippen molar-refractivity contribution in [2.75, 3.05) is 12.0 Å². The third kappa shape index (κ3) is 2.15. The van der Waals surface area contributed by atoms with Gasteiger partial charge in [-0.2, -0.15) is 0 Å². The number of anilines is 1. The van der Waals surface area contributed by atoms with Crippen LogP contribution in [0.5, 0.6) is 5.75 Å². The topological polar surface area (TPSA) is 49.8 Å². The number of aliphatic hydroxyl groups is 1. The molecule has 0 saturated carbocycles. The number of rotatable bonds is 3. The minimum absolute atomic E-state index is 0.287. The van der Waals surface area contributed by atoms with E-state index in [9.17, 15) is 9.90 Å². The Balaban J connectivity index is 2.03. The van der Waals surface area contributed by atoms with Gasteiger partial charge in [0.05, 0.1) is 12.7 Å². The maximum atomic E-state index is 13.3. The van der Waals surface area contributed by atoms with E-state index < -0.39 is 5.72 Å². The van der Waals surface area contributed by atoms with Gasteiger partial charge < -0.3 is 9.84 Å². The van der Waals surface area contributed by atoms with Crippen LogP contribution in [0.4, 0.5) is 5.69 Å². The standard InChI is InChI=1S/C21H17NO3/c1-25-18-14-8-13-17-19(18)20(23)22(16-11-6-3-7-12-16)21(17,24)15-9-4-2-5-10-15/h2-14,24H,1H3. The fourth-order valence-electron chi connectivity index (χ4n) is 3.43. The molecule has 1 heterocycles. The molecule has 0 saturated heterocycles. The second-order valence-electron chi connectivity index (χ2n) is 5.90.